The molecule has 1 fully saturated rings. The van der Waals surface area contributed by atoms with Crippen molar-refractivity contribution in [2.45, 2.75) is 12.8 Å². The predicted octanol–water partition coefficient (Wildman–Crippen LogP) is 1.99. The molecule has 1 aliphatic rings. The number of carbonyl (C=O) groups excluding carboxylic acids is 2. The molecule has 8 heteroatoms. The number of nitrogens with one attached hydrogen (secondary N) is 1. The summed E-state index contributed by atoms with van der Waals surface area (Å²) in [6.07, 6.45) is 2.02. The highest BCUT2D eigenvalue weighted by atomic mass is 79.9. The van der Waals surface area contributed by atoms with Crippen molar-refractivity contribution in [1.82, 2.24) is 15.1 Å². The lowest BCUT2D eigenvalue weighted by Crippen LogP contribution is -2.45. The molecular formula is C15H23BrClN3O3. The molecule has 23 heavy (non-hydrogen) atoms. The Labute approximate surface area is 151 Å². The number of nitrogens with zero attached hydrogens (tertiary/aromatic N) is 2. The summed E-state index contributed by atoms with van der Waals surface area (Å²) in [7, 11) is 3.56. The van der Waals surface area contributed by atoms with Gasteiger partial charge in [-0.1, -0.05) is 0 Å². The van der Waals surface area contributed by atoms with Gasteiger partial charge in [0.05, 0.1) is 6.54 Å². The second-order valence-electron chi connectivity index (χ2n) is 5.65. The highest BCUT2D eigenvalue weighted by Gasteiger charge is 2.25. The summed E-state index contributed by atoms with van der Waals surface area (Å²) in [5.41, 5.74) is 0. The molecule has 0 spiro atoms. The average molecular weight is 409 g/mol. The van der Waals surface area contributed by atoms with E-state index in [0.717, 1.165) is 32.5 Å². The van der Waals surface area contributed by atoms with Crippen LogP contribution in [0.3, 0.4) is 0 Å². The molecule has 2 amide bonds. The molecule has 130 valence electrons. The van der Waals surface area contributed by atoms with E-state index in [-0.39, 0.29) is 36.5 Å². The minimum atomic E-state index is -0.288. The molecule has 1 aliphatic heterocycles. The minimum Gasteiger partial charge on any atom is -0.444 e. The first kappa shape index (κ1) is 20.0. The SMILES string of the molecule is CNCC1CCN(C(=O)CN(C)C(=O)c2ccc(Br)o2)CC1.Cl. The standard InChI is InChI=1S/C15H22BrN3O3.ClH/c1-17-9-11-5-7-19(8-6-11)14(20)10-18(2)15(21)12-3-4-13(16)22-12;/h3-4,11,17H,5-10H2,1-2H3;1H. The molecule has 0 radical (unpaired) electrons. The van der Waals surface area contributed by atoms with Crippen LogP contribution in [0.4, 0.5) is 0 Å². The van der Waals surface area contributed by atoms with E-state index >= 15 is 0 Å². The Morgan fingerprint density at radius 1 is 1.39 bits per heavy atom. The van der Waals surface area contributed by atoms with Crippen molar-refractivity contribution >= 4 is 40.2 Å². The van der Waals surface area contributed by atoms with Crippen LogP contribution in [0.5, 0.6) is 0 Å². The molecule has 1 aromatic rings. The largest absolute Gasteiger partial charge is 0.444 e. The number of hydrogen-bond acceptors (Lipinski definition) is 4. The van der Waals surface area contributed by atoms with Crippen LogP contribution < -0.4 is 5.32 Å². The number of halogens is 2. The van der Waals surface area contributed by atoms with Gasteiger partial charge in [-0.25, -0.2) is 0 Å². The smallest absolute Gasteiger partial charge is 0.289 e. The Morgan fingerprint density at radius 2 is 2.04 bits per heavy atom. The fourth-order valence-electron chi connectivity index (χ4n) is 2.67. The summed E-state index contributed by atoms with van der Waals surface area (Å²) >= 11 is 3.16. The normalized spacial score (nSPS) is 15.2. The van der Waals surface area contributed by atoms with Crippen LogP contribution in [-0.4, -0.2) is 61.9 Å². The predicted molar refractivity (Wildman–Crippen MR) is 93.8 cm³/mol. The number of likely N-dealkylation sites (tertiary alicyclic amines) is 1. The highest BCUT2D eigenvalue weighted by Crippen LogP contribution is 2.18. The van der Waals surface area contributed by atoms with E-state index in [4.69, 9.17) is 4.42 Å². The molecular weight excluding hydrogens is 386 g/mol. The van der Waals surface area contributed by atoms with Crippen LogP contribution >= 0.6 is 28.3 Å². The van der Waals surface area contributed by atoms with Gasteiger partial charge in [0.2, 0.25) is 5.91 Å². The molecule has 0 unspecified atom stereocenters. The summed E-state index contributed by atoms with van der Waals surface area (Å²) in [5.74, 6) is 0.567. The molecule has 0 atom stereocenters. The Bertz CT molecular complexity index is 530. The first-order valence-corrected chi connectivity index (χ1v) is 8.23. The van der Waals surface area contributed by atoms with Gasteiger partial charge in [0.1, 0.15) is 0 Å². The third-order valence-corrected chi connectivity index (χ3v) is 4.39. The van der Waals surface area contributed by atoms with E-state index < -0.39 is 0 Å². The lowest BCUT2D eigenvalue weighted by atomic mass is 9.97. The Balaban J connectivity index is 0.00000264. The number of piperidine rings is 1. The van der Waals surface area contributed by atoms with Gasteiger partial charge in [0, 0.05) is 20.1 Å². The molecule has 0 saturated carbocycles. The molecule has 1 aromatic heterocycles. The zero-order valence-corrected chi connectivity index (χ0v) is 15.8. The van der Waals surface area contributed by atoms with Crippen LogP contribution in [0.15, 0.2) is 21.2 Å². The van der Waals surface area contributed by atoms with Gasteiger partial charge in [0.15, 0.2) is 10.4 Å². The summed E-state index contributed by atoms with van der Waals surface area (Å²) in [5, 5.41) is 3.18. The van der Waals surface area contributed by atoms with E-state index in [1.165, 1.54) is 4.90 Å². The van der Waals surface area contributed by atoms with Gasteiger partial charge in [-0.05, 0) is 60.4 Å². The second kappa shape index (κ2) is 9.30. The van der Waals surface area contributed by atoms with Gasteiger partial charge >= 0.3 is 0 Å². The van der Waals surface area contributed by atoms with Crippen molar-refractivity contribution in [3.8, 4) is 0 Å². The van der Waals surface area contributed by atoms with Gasteiger partial charge < -0.3 is 19.5 Å². The summed E-state index contributed by atoms with van der Waals surface area (Å²) in [6, 6.07) is 3.26. The van der Waals surface area contributed by atoms with Crippen LogP contribution in [-0.2, 0) is 4.79 Å². The maximum absolute atomic E-state index is 12.3. The van der Waals surface area contributed by atoms with Crippen molar-refractivity contribution in [3.63, 3.8) is 0 Å². The number of rotatable bonds is 5. The van der Waals surface area contributed by atoms with Gasteiger partial charge in [0.25, 0.3) is 5.91 Å². The fraction of sp³-hybridized carbons (Fsp3) is 0.600. The monoisotopic (exact) mass is 407 g/mol. The van der Waals surface area contributed by atoms with Crippen LogP contribution in [0.25, 0.3) is 0 Å². The van der Waals surface area contributed by atoms with Gasteiger partial charge in [-0.2, -0.15) is 0 Å². The van der Waals surface area contributed by atoms with Gasteiger partial charge in [-0.3, -0.25) is 9.59 Å². The Morgan fingerprint density at radius 3 is 2.57 bits per heavy atom. The summed E-state index contributed by atoms with van der Waals surface area (Å²) < 4.78 is 5.73. The number of carbonyl (C=O) groups is 2. The first-order chi connectivity index (χ1) is 10.5. The molecule has 0 aromatic carbocycles. The Kier molecular flexibility index (Phi) is 8.08. The molecule has 6 nitrogen and oxygen atoms in total. The molecule has 0 bridgehead atoms. The minimum absolute atomic E-state index is 0. The maximum Gasteiger partial charge on any atom is 0.289 e. The van der Waals surface area contributed by atoms with Crippen molar-refractivity contribution in [3.05, 3.63) is 22.6 Å². The lowest BCUT2D eigenvalue weighted by molar-refractivity contribution is -0.133. The molecule has 2 rings (SSSR count). The van der Waals surface area contributed by atoms with Crippen molar-refractivity contribution < 1.29 is 14.0 Å². The Hall–Kier alpha value is -1.05. The number of hydrogen-bond donors (Lipinski definition) is 1. The third-order valence-electron chi connectivity index (χ3n) is 3.96. The van der Waals surface area contributed by atoms with E-state index in [9.17, 15) is 9.59 Å². The number of furan rings is 1. The van der Waals surface area contributed by atoms with Crippen molar-refractivity contribution in [2.24, 2.45) is 5.92 Å². The number of amides is 2. The fourth-order valence-corrected chi connectivity index (χ4v) is 2.97. The molecule has 0 aliphatic carbocycles. The summed E-state index contributed by atoms with van der Waals surface area (Å²) in [6.45, 7) is 2.60. The molecule has 1 N–H and O–H groups in total. The quantitative estimate of drug-likeness (QED) is 0.809. The van der Waals surface area contributed by atoms with Crippen molar-refractivity contribution in [2.75, 3.05) is 40.3 Å². The van der Waals surface area contributed by atoms with E-state index in [0.29, 0.717) is 10.6 Å². The van der Waals surface area contributed by atoms with Crippen molar-refractivity contribution in [1.29, 1.82) is 0 Å². The highest BCUT2D eigenvalue weighted by molar-refractivity contribution is 9.10. The first-order valence-electron chi connectivity index (χ1n) is 7.44. The zero-order chi connectivity index (χ0) is 16.1. The summed E-state index contributed by atoms with van der Waals surface area (Å²) in [4.78, 5) is 27.7. The maximum atomic E-state index is 12.3. The molecule has 2 heterocycles. The van der Waals surface area contributed by atoms with Crippen LogP contribution in [0, 0.1) is 5.92 Å². The van der Waals surface area contributed by atoms with E-state index in [1.807, 2.05) is 11.9 Å². The van der Waals surface area contributed by atoms with E-state index in [1.54, 1.807) is 19.2 Å². The van der Waals surface area contributed by atoms with Crippen LogP contribution in [0.2, 0.25) is 0 Å². The van der Waals surface area contributed by atoms with Crippen LogP contribution in [0.1, 0.15) is 23.4 Å². The topological polar surface area (TPSA) is 65.8 Å². The van der Waals surface area contributed by atoms with Gasteiger partial charge in [-0.15, -0.1) is 12.4 Å². The van der Waals surface area contributed by atoms with E-state index in [2.05, 4.69) is 21.2 Å². The molecule has 1 saturated heterocycles. The average Bonchev–Trinajstić information content (AvgIpc) is 2.94. The second-order valence-corrected chi connectivity index (χ2v) is 6.43. The number of likely N-dealkylation sites (N-methyl/N-ethyl adjacent to an activating group) is 1. The third kappa shape index (κ3) is 5.51. The lowest BCUT2D eigenvalue weighted by Gasteiger charge is -2.32. The zero-order valence-electron chi connectivity index (χ0n) is 13.4.